The monoisotopic (exact) mass is 275 g/mol. The number of hydrogen-bond acceptors (Lipinski definition) is 1. The zero-order chi connectivity index (χ0) is 14.7. The van der Waals surface area contributed by atoms with Gasteiger partial charge in [0.25, 0.3) is 0 Å². The van der Waals surface area contributed by atoms with Crippen molar-refractivity contribution >= 4 is 0 Å². The summed E-state index contributed by atoms with van der Waals surface area (Å²) in [6.45, 7) is 6.17. The van der Waals surface area contributed by atoms with E-state index in [4.69, 9.17) is 0 Å². The van der Waals surface area contributed by atoms with Gasteiger partial charge in [0, 0.05) is 5.56 Å². The van der Waals surface area contributed by atoms with E-state index in [9.17, 15) is 8.78 Å². The average molecular weight is 275 g/mol. The van der Waals surface area contributed by atoms with Gasteiger partial charge in [-0.15, -0.1) is 0 Å². The highest BCUT2D eigenvalue weighted by molar-refractivity contribution is 5.37. The van der Waals surface area contributed by atoms with Crippen molar-refractivity contribution in [2.24, 2.45) is 0 Å². The summed E-state index contributed by atoms with van der Waals surface area (Å²) >= 11 is 0. The van der Waals surface area contributed by atoms with Gasteiger partial charge in [-0.3, -0.25) is 0 Å². The maximum atomic E-state index is 14.3. The van der Waals surface area contributed by atoms with Crippen LogP contribution in [-0.2, 0) is 0 Å². The quantitative estimate of drug-likeness (QED) is 0.878. The molecule has 0 aromatic heterocycles. The van der Waals surface area contributed by atoms with Gasteiger partial charge in [-0.25, -0.2) is 8.78 Å². The highest BCUT2D eigenvalue weighted by Gasteiger charge is 2.22. The summed E-state index contributed by atoms with van der Waals surface area (Å²) in [5, 5.41) is 3.17. The smallest absolute Gasteiger partial charge is 0.134 e. The molecule has 1 atom stereocenters. The van der Waals surface area contributed by atoms with E-state index in [1.165, 1.54) is 12.1 Å². The molecule has 0 heterocycles. The average Bonchev–Trinajstić information content (AvgIpc) is 2.42. The van der Waals surface area contributed by atoms with Crippen molar-refractivity contribution in [2.45, 2.75) is 26.8 Å². The molecule has 0 aliphatic carbocycles. The summed E-state index contributed by atoms with van der Waals surface area (Å²) < 4.78 is 28.5. The molecule has 2 rings (SSSR count). The molecule has 0 bridgehead atoms. The van der Waals surface area contributed by atoms with Gasteiger partial charge in [0.2, 0.25) is 0 Å². The Balaban J connectivity index is 2.57. The van der Waals surface area contributed by atoms with E-state index in [1.807, 2.05) is 38.1 Å². The number of hydrogen-bond donors (Lipinski definition) is 1. The Labute approximate surface area is 118 Å². The van der Waals surface area contributed by atoms with Crippen LogP contribution in [-0.4, -0.2) is 6.54 Å². The third kappa shape index (κ3) is 2.88. The molecule has 0 amide bonds. The maximum absolute atomic E-state index is 14.3. The summed E-state index contributed by atoms with van der Waals surface area (Å²) in [6.07, 6.45) is 0. The lowest BCUT2D eigenvalue weighted by atomic mass is 9.95. The number of halogens is 2. The third-order valence-corrected chi connectivity index (χ3v) is 3.39. The molecule has 0 fully saturated rings. The summed E-state index contributed by atoms with van der Waals surface area (Å²) in [4.78, 5) is 0. The van der Waals surface area contributed by atoms with Gasteiger partial charge in [0.1, 0.15) is 11.6 Å². The van der Waals surface area contributed by atoms with Crippen molar-refractivity contribution in [1.82, 2.24) is 5.32 Å². The molecule has 0 saturated heterocycles. The van der Waals surface area contributed by atoms with Gasteiger partial charge in [0.15, 0.2) is 0 Å². The summed E-state index contributed by atoms with van der Waals surface area (Å²) in [6, 6.07) is 10.0. The Bertz CT molecular complexity index is 608. The molecule has 1 N–H and O–H groups in total. The molecule has 1 nitrogen and oxygen atoms in total. The van der Waals surface area contributed by atoms with Crippen molar-refractivity contribution in [3.63, 3.8) is 0 Å². The Kier molecular flexibility index (Phi) is 4.50. The SMILES string of the molecule is CCNC(c1cccc(C)c1)c1c(F)ccc(C)c1F. The van der Waals surface area contributed by atoms with Gasteiger partial charge in [-0.1, -0.05) is 42.8 Å². The molecule has 0 saturated carbocycles. The first-order chi connectivity index (χ1) is 9.54. The summed E-state index contributed by atoms with van der Waals surface area (Å²) in [7, 11) is 0. The molecular weight excluding hydrogens is 256 g/mol. The van der Waals surface area contributed by atoms with Crippen LogP contribution in [0.25, 0.3) is 0 Å². The van der Waals surface area contributed by atoms with Crippen LogP contribution >= 0.6 is 0 Å². The van der Waals surface area contributed by atoms with Crippen molar-refractivity contribution in [3.05, 3.63) is 70.3 Å². The zero-order valence-electron chi connectivity index (χ0n) is 12.0. The first kappa shape index (κ1) is 14.7. The molecule has 20 heavy (non-hydrogen) atoms. The van der Waals surface area contributed by atoms with Gasteiger partial charge in [-0.2, -0.15) is 0 Å². The second kappa shape index (κ2) is 6.14. The number of aryl methyl sites for hydroxylation is 2. The molecule has 2 aromatic carbocycles. The fraction of sp³-hybridized carbons (Fsp3) is 0.294. The fourth-order valence-corrected chi connectivity index (χ4v) is 2.38. The highest BCUT2D eigenvalue weighted by atomic mass is 19.1. The molecule has 3 heteroatoms. The Morgan fingerprint density at radius 2 is 1.85 bits per heavy atom. The lowest BCUT2D eigenvalue weighted by molar-refractivity contribution is 0.506. The predicted molar refractivity (Wildman–Crippen MR) is 77.8 cm³/mol. The standard InChI is InChI=1S/C17H19F2N/c1-4-20-17(13-7-5-6-11(2)10-13)15-14(18)9-8-12(3)16(15)19/h5-10,17,20H,4H2,1-3H3. The molecule has 0 spiro atoms. The van der Waals surface area contributed by atoms with Gasteiger partial charge < -0.3 is 5.32 Å². The van der Waals surface area contributed by atoms with Crippen molar-refractivity contribution in [2.75, 3.05) is 6.54 Å². The van der Waals surface area contributed by atoms with Gasteiger partial charge in [0.05, 0.1) is 6.04 Å². The Morgan fingerprint density at radius 3 is 2.50 bits per heavy atom. The predicted octanol–water partition coefficient (Wildman–Crippen LogP) is 4.28. The second-order valence-corrected chi connectivity index (χ2v) is 5.00. The van der Waals surface area contributed by atoms with Gasteiger partial charge >= 0.3 is 0 Å². The third-order valence-electron chi connectivity index (χ3n) is 3.39. The van der Waals surface area contributed by atoms with Crippen LogP contribution in [0.3, 0.4) is 0 Å². The molecular formula is C17H19F2N. The number of nitrogens with one attached hydrogen (secondary N) is 1. The first-order valence-electron chi connectivity index (χ1n) is 6.79. The van der Waals surface area contributed by atoms with Crippen LogP contribution in [0.1, 0.15) is 35.2 Å². The molecule has 2 aromatic rings. The fourth-order valence-electron chi connectivity index (χ4n) is 2.38. The van der Waals surface area contributed by atoms with Crippen molar-refractivity contribution in [1.29, 1.82) is 0 Å². The van der Waals surface area contributed by atoms with Crippen LogP contribution < -0.4 is 5.32 Å². The minimum absolute atomic E-state index is 0.0949. The van der Waals surface area contributed by atoms with E-state index in [0.29, 0.717) is 12.1 Å². The van der Waals surface area contributed by atoms with Crippen molar-refractivity contribution in [3.8, 4) is 0 Å². The number of rotatable bonds is 4. The van der Waals surface area contributed by atoms with Crippen LogP contribution in [0, 0.1) is 25.5 Å². The largest absolute Gasteiger partial charge is 0.306 e. The molecule has 0 radical (unpaired) electrons. The van der Waals surface area contributed by atoms with Crippen LogP contribution in [0.4, 0.5) is 8.78 Å². The van der Waals surface area contributed by atoms with E-state index in [-0.39, 0.29) is 5.56 Å². The zero-order valence-corrected chi connectivity index (χ0v) is 12.0. The topological polar surface area (TPSA) is 12.0 Å². The summed E-state index contributed by atoms with van der Waals surface area (Å²) in [5.74, 6) is -0.988. The highest BCUT2D eigenvalue weighted by Crippen LogP contribution is 2.29. The Morgan fingerprint density at radius 1 is 1.10 bits per heavy atom. The van der Waals surface area contributed by atoms with E-state index in [2.05, 4.69) is 5.32 Å². The lowest BCUT2D eigenvalue weighted by Crippen LogP contribution is -2.24. The number of benzene rings is 2. The maximum Gasteiger partial charge on any atom is 0.134 e. The van der Waals surface area contributed by atoms with Crippen LogP contribution in [0.5, 0.6) is 0 Å². The molecule has 0 aliphatic heterocycles. The minimum Gasteiger partial charge on any atom is -0.306 e. The van der Waals surface area contributed by atoms with Crippen LogP contribution in [0.15, 0.2) is 36.4 Å². The molecule has 106 valence electrons. The Hall–Kier alpha value is -1.74. The lowest BCUT2D eigenvalue weighted by Gasteiger charge is -2.21. The van der Waals surface area contributed by atoms with E-state index in [1.54, 1.807) is 6.92 Å². The molecule has 0 aliphatic rings. The molecule has 1 unspecified atom stereocenters. The van der Waals surface area contributed by atoms with Gasteiger partial charge in [-0.05, 0) is 37.6 Å². The van der Waals surface area contributed by atoms with Crippen LogP contribution in [0.2, 0.25) is 0 Å². The summed E-state index contributed by atoms with van der Waals surface area (Å²) in [5.41, 5.74) is 2.49. The first-order valence-corrected chi connectivity index (χ1v) is 6.79. The minimum atomic E-state index is -0.513. The van der Waals surface area contributed by atoms with Crippen molar-refractivity contribution < 1.29 is 8.78 Å². The van der Waals surface area contributed by atoms with E-state index < -0.39 is 17.7 Å². The normalized spacial score (nSPS) is 12.4. The van der Waals surface area contributed by atoms with E-state index in [0.717, 1.165) is 11.1 Å². The van der Waals surface area contributed by atoms with E-state index >= 15 is 0 Å². The second-order valence-electron chi connectivity index (χ2n) is 5.00.